The number of rotatable bonds is 5. The van der Waals surface area contributed by atoms with Gasteiger partial charge >= 0.3 is 0 Å². The van der Waals surface area contributed by atoms with Crippen molar-refractivity contribution in [2.24, 2.45) is 0 Å². The van der Waals surface area contributed by atoms with Crippen LogP contribution in [0.25, 0.3) is 0 Å². The van der Waals surface area contributed by atoms with Crippen molar-refractivity contribution < 1.29 is 9.52 Å². The molecule has 0 saturated heterocycles. The van der Waals surface area contributed by atoms with Crippen LogP contribution in [0.1, 0.15) is 25.2 Å². The van der Waals surface area contributed by atoms with Gasteiger partial charge in [0.05, 0.1) is 12.9 Å². The van der Waals surface area contributed by atoms with E-state index in [1.165, 1.54) is 5.56 Å². The van der Waals surface area contributed by atoms with Gasteiger partial charge in [0.25, 0.3) is 0 Å². The Bertz CT molecular complexity index is 245. The lowest BCUT2D eigenvalue weighted by atomic mass is 10.2. The fourth-order valence-electron chi connectivity index (χ4n) is 1.18. The summed E-state index contributed by atoms with van der Waals surface area (Å²) in [5.74, 6) is 1.03. The minimum Gasteiger partial charge on any atom is -0.469 e. The second kappa shape index (κ2) is 5.04. The third-order valence-corrected chi connectivity index (χ3v) is 2.07. The normalized spacial score (nSPS) is 13.2. The van der Waals surface area contributed by atoms with Crippen LogP contribution in [0.2, 0.25) is 0 Å². The Kier molecular flexibility index (Phi) is 3.99. The Labute approximate surface area is 78.8 Å². The van der Waals surface area contributed by atoms with Gasteiger partial charge in [-0.2, -0.15) is 0 Å². The minimum absolute atomic E-state index is 0.139. The van der Waals surface area contributed by atoms with E-state index >= 15 is 0 Å². The van der Waals surface area contributed by atoms with Crippen molar-refractivity contribution >= 4 is 0 Å². The second-order valence-electron chi connectivity index (χ2n) is 3.19. The first-order valence-electron chi connectivity index (χ1n) is 4.67. The molecule has 0 fully saturated rings. The highest BCUT2D eigenvalue weighted by Gasteiger charge is 2.05. The van der Waals surface area contributed by atoms with E-state index in [-0.39, 0.29) is 12.6 Å². The van der Waals surface area contributed by atoms with Gasteiger partial charge in [0.2, 0.25) is 0 Å². The summed E-state index contributed by atoms with van der Waals surface area (Å²) in [5.41, 5.74) is 1.18. The smallest absolute Gasteiger partial charge is 0.107 e. The lowest BCUT2D eigenvalue weighted by Gasteiger charge is -2.09. The third kappa shape index (κ3) is 2.86. The monoisotopic (exact) mass is 183 g/mol. The first-order valence-corrected chi connectivity index (χ1v) is 4.67. The van der Waals surface area contributed by atoms with Crippen molar-refractivity contribution in [1.29, 1.82) is 0 Å². The van der Waals surface area contributed by atoms with E-state index in [2.05, 4.69) is 12.2 Å². The fraction of sp³-hybridized carbons (Fsp3) is 0.600. The Morgan fingerprint density at radius 3 is 3.00 bits per heavy atom. The molecule has 0 aliphatic rings. The molecule has 1 heterocycles. The predicted octanol–water partition coefficient (Wildman–Crippen LogP) is 1.31. The van der Waals surface area contributed by atoms with E-state index in [0.717, 1.165) is 18.7 Å². The Balaban J connectivity index is 2.44. The van der Waals surface area contributed by atoms with Crippen LogP contribution in [-0.4, -0.2) is 17.8 Å². The number of nitrogens with one attached hydrogen (secondary N) is 1. The molecule has 0 aliphatic heterocycles. The molecule has 1 aromatic heterocycles. The third-order valence-electron chi connectivity index (χ3n) is 2.07. The summed E-state index contributed by atoms with van der Waals surface area (Å²) in [6.45, 7) is 4.95. The summed E-state index contributed by atoms with van der Waals surface area (Å²) < 4.78 is 5.28. The molecule has 0 radical (unpaired) electrons. The lowest BCUT2D eigenvalue weighted by Crippen LogP contribution is -2.28. The number of aryl methyl sites for hydroxylation is 1. The van der Waals surface area contributed by atoms with Gasteiger partial charge < -0.3 is 14.8 Å². The van der Waals surface area contributed by atoms with Gasteiger partial charge in [0.1, 0.15) is 5.76 Å². The predicted molar refractivity (Wildman–Crippen MR) is 51.5 cm³/mol. The summed E-state index contributed by atoms with van der Waals surface area (Å²) in [6, 6.07) is 2.11. The number of hydrogen-bond acceptors (Lipinski definition) is 3. The standard InChI is InChI=1S/C10H17NO2/c1-3-10-9(4-5-13-10)6-11-8(2)7-12/h4-5,8,11-12H,3,6-7H2,1-2H3. The zero-order valence-electron chi connectivity index (χ0n) is 8.21. The molecule has 0 spiro atoms. The van der Waals surface area contributed by atoms with Crippen molar-refractivity contribution in [3.63, 3.8) is 0 Å². The molecule has 0 amide bonds. The molecular formula is C10H17NO2. The molecular weight excluding hydrogens is 166 g/mol. The molecule has 1 rings (SSSR count). The highest BCUT2D eigenvalue weighted by Crippen LogP contribution is 2.10. The number of hydrogen-bond donors (Lipinski definition) is 2. The van der Waals surface area contributed by atoms with Gasteiger partial charge in [0, 0.05) is 24.6 Å². The van der Waals surface area contributed by atoms with Crippen LogP contribution >= 0.6 is 0 Å². The van der Waals surface area contributed by atoms with Gasteiger partial charge in [-0.3, -0.25) is 0 Å². The van der Waals surface area contributed by atoms with E-state index in [1.54, 1.807) is 6.26 Å². The summed E-state index contributed by atoms with van der Waals surface area (Å²) >= 11 is 0. The van der Waals surface area contributed by atoms with Crippen LogP contribution in [0.3, 0.4) is 0 Å². The maximum absolute atomic E-state index is 8.80. The average molecular weight is 183 g/mol. The number of aliphatic hydroxyl groups is 1. The molecule has 0 aliphatic carbocycles. The summed E-state index contributed by atoms with van der Waals surface area (Å²) in [7, 11) is 0. The highest BCUT2D eigenvalue weighted by molar-refractivity contribution is 5.16. The van der Waals surface area contributed by atoms with Gasteiger partial charge in [0.15, 0.2) is 0 Å². The zero-order valence-corrected chi connectivity index (χ0v) is 8.21. The zero-order chi connectivity index (χ0) is 9.68. The molecule has 1 aromatic rings. The van der Waals surface area contributed by atoms with E-state index in [4.69, 9.17) is 9.52 Å². The van der Waals surface area contributed by atoms with E-state index in [1.807, 2.05) is 13.0 Å². The van der Waals surface area contributed by atoms with Crippen LogP contribution in [0.15, 0.2) is 16.7 Å². The van der Waals surface area contributed by atoms with E-state index in [9.17, 15) is 0 Å². The second-order valence-corrected chi connectivity index (χ2v) is 3.19. The van der Waals surface area contributed by atoms with Gasteiger partial charge in [-0.05, 0) is 13.0 Å². The van der Waals surface area contributed by atoms with Crippen LogP contribution in [0.5, 0.6) is 0 Å². The largest absolute Gasteiger partial charge is 0.469 e. The topological polar surface area (TPSA) is 45.4 Å². The molecule has 2 N–H and O–H groups in total. The molecule has 74 valence electrons. The van der Waals surface area contributed by atoms with Crippen LogP contribution in [-0.2, 0) is 13.0 Å². The molecule has 3 heteroatoms. The molecule has 0 bridgehead atoms. The first kappa shape index (κ1) is 10.3. The lowest BCUT2D eigenvalue weighted by molar-refractivity contribution is 0.251. The summed E-state index contributed by atoms with van der Waals surface area (Å²) in [5, 5.41) is 12.0. The summed E-state index contributed by atoms with van der Waals surface area (Å²) in [6.07, 6.45) is 2.62. The van der Waals surface area contributed by atoms with Crippen molar-refractivity contribution in [2.45, 2.75) is 32.9 Å². The quantitative estimate of drug-likeness (QED) is 0.723. The SMILES string of the molecule is CCc1occc1CNC(C)CO. The maximum Gasteiger partial charge on any atom is 0.107 e. The van der Waals surface area contributed by atoms with Crippen LogP contribution in [0.4, 0.5) is 0 Å². The van der Waals surface area contributed by atoms with Crippen LogP contribution in [0, 0.1) is 0 Å². The van der Waals surface area contributed by atoms with Gasteiger partial charge in [-0.15, -0.1) is 0 Å². The molecule has 3 nitrogen and oxygen atoms in total. The van der Waals surface area contributed by atoms with Crippen molar-refractivity contribution in [2.75, 3.05) is 6.61 Å². The summed E-state index contributed by atoms with van der Waals surface area (Å²) in [4.78, 5) is 0. The molecule has 0 aromatic carbocycles. The van der Waals surface area contributed by atoms with Crippen molar-refractivity contribution in [1.82, 2.24) is 5.32 Å². The minimum atomic E-state index is 0.139. The molecule has 0 saturated carbocycles. The molecule has 1 atom stereocenters. The number of furan rings is 1. The fourth-order valence-corrected chi connectivity index (χ4v) is 1.18. The first-order chi connectivity index (χ1) is 6.27. The molecule has 13 heavy (non-hydrogen) atoms. The Morgan fingerprint density at radius 2 is 2.38 bits per heavy atom. The van der Waals surface area contributed by atoms with Crippen LogP contribution < -0.4 is 5.32 Å². The van der Waals surface area contributed by atoms with Crippen molar-refractivity contribution in [3.8, 4) is 0 Å². The Hall–Kier alpha value is -0.800. The molecule has 1 unspecified atom stereocenters. The van der Waals surface area contributed by atoms with Crippen molar-refractivity contribution in [3.05, 3.63) is 23.7 Å². The van der Waals surface area contributed by atoms with E-state index in [0.29, 0.717) is 0 Å². The average Bonchev–Trinajstić information content (AvgIpc) is 2.61. The highest BCUT2D eigenvalue weighted by atomic mass is 16.3. The number of aliphatic hydroxyl groups excluding tert-OH is 1. The maximum atomic E-state index is 8.80. The van der Waals surface area contributed by atoms with Gasteiger partial charge in [-0.1, -0.05) is 6.92 Å². The van der Waals surface area contributed by atoms with E-state index < -0.39 is 0 Å². The Morgan fingerprint density at radius 1 is 1.62 bits per heavy atom. The van der Waals surface area contributed by atoms with Gasteiger partial charge in [-0.25, -0.2) is 0 Å².